The van der Waals surface area contributed by atoms with Crippen molar-refractivity contribution in [2.24, 2.45) is 0 Å². The molecule has 7 heteroatoms. The van der Waals surface area contributed by atoms with Crippen LogP contribution in [0.1, 0.15) is 36.6 Å². The first-order chi connectivity index (χ1) is 13.8. The van der Waals surface area contributed by atoms with E-state index in [9.17, 15) is 14.4 Å². The monoisotopic (exact) mass is 390 g/mol. The smallest absolute Gasteiger partial charge is 0.325 e. The molecular weight excluding hydrogens is 368 g/mol. The van der Waals surface area contributed by atoms with E-state index in [-0.39, 0.29) is 18.5 Å². The fourth-order valence-corrected chi connectivity index (χ4v) is 3.33. The van der Waals surface area contributed by atoms with Crippen molar-refractivity contribution in [1.82, 2.24) is 15.1 Å². The molecule has 7 nitrogen and oxygen atoms in total. The van der Waals surface area contributed by atoms with Gasteiger partial charge in [-0.05, 0) is 37.1 Å². The van der Waals surface area contributed by atoms with Crippen molar-refractivity contribution in [1.29, 1.82) is 5.26 Å². The van der Waals surface area contributed by atoms with Crippen molar-refractivity contribution >= 4 is 17.8 Å². The molecule has 0 spiro atoms. The molecule has 0 bridgehead atoms. The third kappa shape index (κ3) is 3.69. The number of hydrogen-bond acceptors (Lipinski definition) is 4. The van der Waals surface area contributed by atoms with Crippen LogP contribution in [0.3, 0.4) is 0 Å². The van der Waals surface area contributed by atoms with E-state index in [4.69, 9.17) is 5.26 Å². The van der Waals surface area contributed by atoms with E-state index in [1.54, 1.807) is 38.2 Å². The highest BCUT2D eigenvalue weighted by Crippen LogP contribution is 2.29. The number of nitriles is 1. The van der Waals surface area contributed by atoms with Crippen LogP contribution in [0, 0.1) is 11.3 Å². The normalized spacial score (nSPS) is 19.4. The maximum atomic E-state index is 13.0. The molecule has 1 heterocycles. The van der Waals surface area contributed by atoms with Crippen LogP contribution >= 0.6 is 0 Å². The first kappa shape index (κ1) is 20.1. The number of carbonyl (C=O) groups is 3. The molecule has 0 radical (unpaired) electrons. The third-order valence-corrected chi connectivity index (χ3v) is 5.42. The number of carbonyl (C=O) groups excluding carboxylic acids is 3. The van der Waals surface area contributed by atoms with Gasteiger partial charge in [0, 0.05) is 7.05 Å². The quantitative estimate of drug-likeness (QED) is 0.794. The second-order valence-electron chi connectivity index (χ2n) is 7.23. The summed E-state index contributed by atoms with van der Waals surface area (Å²) < 4.78 is 0. The molecule has 29 heavy (non-hydrogen) atoms. The summed E-state index contributed by atoms with van der Waals surface area (Å²) in [5.74, 6) is -0.838. The molecule has 1 fully saturated rings. The standard InChI is InChI=1S/C22H22N4O3/c1-15(17-7-5-4-6-8-17)25(3)19(27)14-26-20(28)22(2,24-21(26)29)18-11-9-16(13-23)10-12-18/h4-12,15H,14H2,1-3H3,(H,24,29). The molecule has 1 N–H and O–H groups in total. The van der Waals surface area contributed by atoms with E-state index < -0.39 is 17.5 Å². The maximum Gasteiger partial charge on any atom is 0.325 e. The lowest BCUT2D eigenvalue weighted by atomic mass is 9.91. The van der Waals surface area contributed by atoms with Crippen molar-refractivity contribution in [2.75, 3.05) is 13.6 Å². The van der Waals surface area contributed by atoms with Crippen LogP contribution in [0.2, 0.25) is 0 Å². The number of urea groups is 1. The highest BCUT2D eigenvalue weighted by Gasteiger charge is 2.49. The molecule has 2 atom stereocenters. The fraction of sp³-hybridized carbons (Fsp3) is 0.273. The highest BCUT2D eigenvalue weighted by atomic mass is 16.2. The molecule has 4 amide bonds. The molecule has 0 aromatic heterocycles. The lowest BCUT2D eigenvalue weighted by Gasteiger charge is -2.27. The topological polar surface area (TPSA) is 93.5 Å². The van der Waals surface area contributed by atoms with Crippen LogP contribution in [0.5, 0.6) is 0 Å². The summed E-state index contributed by atoms with van der Waals surface area (Å²) in [6.45, 7) is 3.14. The zero-order valence-electron chi connectivity index (χ0n) is 16.5. The number of amides is 4. The Labute approximate surface area is 169 Å². The number of nitrogens with zero attached hydrogens (tertiary/aromatic N) is 3. The summed E-state index contributed by atoms with van der Waals surface area (Å²) in [7, 11) is 1.65. The Hall–Kier alpha value is -3.66. The Bertz CT molecular complexity index is 981. The molecule has 3 rings (SSSR count). The minimum atomic E-state index is -1.28. The van der Waals surface area contributed by atoms with Crippen LogP contribution < -0.4 is 5.32 Å². The van der Waals surface area contributed by atoms with E-state index in [1.807, 2.05) is 43.3 Å². The van der Waals surface area contributed by atoms with Crippen molar-refractivity contribution in [3.63, 3.8) is 0 Å². The van der Waals surface area contributed by atoms with E-state index in [0.29, 0.717) is 11.1 Å². The average molecular weight is 390 g/mol. The van der Waals surface area contributed by atoms with Crippen LogP contribution in [-0.4, -0.2) is 41.2 Å². The molecule has 148 valence electrons. The van der Waals surface area contributed by atoms with Gasteiger partial charge in [0.15, 0.2) is 0 Å². The Morgan fingerprint density at radius 3 is 2.38 bits per heavy atom. The van der Waals surface area contributed by atoms with Gasteiger partial charge in [0.2, 0.25) is 5.91 Å². The van der Waals surface area contributed by atoms with E-state index >= 15 is 0 Å². The molecule has 0 aliphatic carbocycles. The summed E-state index contributed by atoms with van der Waals surface area (Å²) in [4.78, 5) is 40.7. The number of nitrogens with one attached hydrogen (secondary N) is 1. The van der Waals surface area contributed by atoms with Crippen molar-refractivity contribution in [3.8, 4) is 6.07 Å². The highest BCUT2D eigenvalue weighted by molar-refractivity contribution is 6.09. The van der Waals surface area contributed by atoms with Gasteiger partial charge in [-0.2, -0.15) is 5.26 Å². The van der Waals surface area contributed by atoms with Crippen LogP contribution in [0.25, 0.3) is 0 Å². The number of rotatable bonds is 5. The summed E-state index contributed by atoms with van der Waals surface area (Å²) in [6, 6.07) is 17.2. The molecule has 1 aliphatic rings. The summed E-state index contributed by atoms with van der Waals surface area (Å²) in [6.07, 6.45) is 0. The molecule has 1 saturated heterocycles. The molecule has 1 aliphatic heterocycles. The second kappa shape index (κ2) is 7.76. The van der Waals surface area contributed by atoms with Gasteiger partial charge in [-0.25, -0.2) is 4.79 Å². The zero-order valence-corrected chi connectivity index (χ0v) is 16.5. The molecule has 2 aromatic carbocycles. The predicted octanol–water partition coefficient (Wildman–Crippen LogP) is 2.54. The van der Waals surface area contributed by atoms with Crippen molar-refractivity contribution < 1.29 is 14.4 Å². The van der Waals surface area contributed by atoms with Gasteiger partial charge in [0.1, 0.15) is 12.1 Å². The predicted molar refractivity (Wildman–Crippen MR) is 106 cm³/mol. The Balaban J connectivity index is 1.75. The lowest BCUT2D eigenvalue weighted by Crippen LogP contribution is -2.44. The third-order valence-electron chi connectivity index (χ3n) is 5.42. The first-order valence-electron chi connectivity index (χ1n) is 9.23. The zero-order chi connectivity index (χ0) is 21.2. The van der Waals surface area contributed by atoms with E-state index in [0.717, 1.165) is 10.5 Å². The van der Waals surface area contributed by atoms with Crippen LogP contribution in [0.15, 0.2) is 54.6 Å². The molecular formula is C22H22N4O3. The van der Waals surface area contributed by atoms with Gasteiger partial charge in [0.05, 0.1) is 17.7 Å². The number of imide groups is 1. The molecule has 2 unspecified atom stereocenters. The lowest BCUT2D eigenvalue weighted by molar-refractivity contribution is -0.139. The molecule has 0 saturated carbocycles. The Kier molecular flexibility index (Phi) is 5.37. The van der Waals surface area contributed by atoms with Crippen LogP contribution in [-0.2, 0) is 15.1 Å². The Morgan fingerprint density at radius 2 is 1.79 bits per heavy atom. The summed E-state index contributed by atoms with van der Waals surface area (Å²) >= 11 is 0. The summed E-state index contributed by atoms with van der Waals surface area (Å²) in [5.41, 5.74) is 0.686. The minimum Gasteiger partial charge on any atom is -0.337 e. The maximum absolute atomic E-state index is 13.0. The number of benzene rings is 2. The van der Waals surface area contributed by atoms with Gasteiger partial charge in [-0.3, -0.25) is 14.5 Å². The summed E-state index contributed by atoms with van der Waals surface area (Å²) in [5, 5.41) is 11.6. The van der Waals surface area contributed by atoms with Gasteiger partial charge >= 0.3 is 6.03 Å². The van der Waals surface area contributed by atoms with Crippen molar-refractivity contribution in [2.45, 2.75) is 25.4 Å². The number of hydrogen-bond donors (Lipinski definition) is 1. The first-order valence-corrected chi connectivity index (χ1v) is 9.23. The average Bonchev–Trinajstić information content (AvgIpc) is 2.97. The molecule has 2 aromatic rings. The van der Waals surface area contributed by atoms with Crippen molar-refractivity contribution in [3.05, 3.63) is 71.3 Å². The Morgan fingerprint density at radius 1 is 1.17 bits per heavy atom. The number of likely N-dealkylation sites (N-methyl/N-ethyl adjacent to an activating group) is 1. The van der Waals surface area contributed by atoms with E-state index in [2.05, 4.69) is 5.32 Å². The van der Waals surface area contributed by atoms with Gasteiger partial charge in [0.25, 0.3) is 5.91 Å². The SMILES string of the molecule is CC(c1ccccc1)N(C)C(=O)CN1C(=O)NC(C)(c2ccc(C#N)cc2)C1=O. The van der Waals surface area contributed by atoms with Gasteiger partial charge in [-0.1, -0.05) is 42.5 Å². The largest absolute Gasteiger partial charge is 0.337 e. The van der Waals surface area contributed by atoms with Gasteiger partial charge < -0.3 is 10.2 Å². The fourth-order valence-electron chi connectivity index (χ4n) is 3.33. The second-order valence-corrected chi connectivity index (χ2v) is 7.23. The van der Waals surface area contributed by atoms with Gasteiger partial charge in [-0.15, -0.1) is 0 Å². The van der Waals surface area contributed by atoms with E-state index in [1.165, 1.54) is 4.90 Å². The minimum absolute atomic E-state index is 0.200. The van der Waals surface area contributed by atoms with Crippen LogP contribution in [0.4, 0.5) is 4.79 Å².